The minimum atomic E-state index is 1.03. The lowest BCUT2D eigenvalue weighted by atomic mass is 10.2. The SMILES string of the molecule is C=C/C=C\C=C(/C)C(=C)N(C)C. The van der Waals surface area contributed by atoms with Crippen LogP contribution in [0.15, 0.2) is 48.7 Å². The Balaban J connectivity index is 4.27. The summed E-state index contributed by atoms with van der Waals surface area (Å²) in [7, 11) is 3.97. The summed E-state index contributed by atoms with van der Waals surface area (Å²) in [6, 6.07) is 0. The molecule has 66 valence electrons. The topological polar surface area (TPSA) is 3.24 Å². The largest absolute Gasteiger partial charge is 0.378 e. The van der Waals surface area contributed by atoms with E-state index in [9.17, 15) is 0 Å². The molecule has 0 saturated carbocycles. The van der Waals surface area contributed by atoms with Crippen LogP contribution in [0.25, 0.3) is 0 Å². The smallest absolute Gasteiger partial charge is 0.0317 e. The predicted molar refractivity (Wildman–Crippen MR) is 55.9 cm³/mol. The zero-order valence-electron chi connectivity index (χ0n) is 8.17. The van der Waals surface area contributed by atoms with Crippen LogP contribution in [0.3, 0.4) is 0 Å². The Kier molecular flexibility index (Phi) is 4.86. The number of likely N-dealkylation sites (N-methyl/N-ethyl adjacent to an activating group) is 1. The highest BCUT2D eigenvalue weighted by Crippen LogP contribution is 2.08. The minimum Gasteiger partial charge on any atom is -0.378 e. The van der Waals surface area contributed by atoms with Crippen LogP contribution >= 0.6 is 0 Å². The maximum Gasteiger partial charge on any atom is 0.0317 e. The lowest BCUT2D eigenvalue weighted by molar-refractivity contribution is 0.524. The van der Waals surface area contributed by atoms with E-state index < -0.39 is 0 Å². The highest BCUT2D eigenvalue weighted by atomic mass is 15.1. The third kappa shape index (κ3) is 3.81. The van der Waals surface area contributed by atoms with Crippen molar-refractivity contribution in [3.05, 3.63) is 48.7 Å². The van der Waals surface area contributed by atoms with Gasteiger partial charge in [0.05, 0.1) is 0 Å². The lowest BCUT2D eigenvalue weighted by Crippen LogP contribution is -2.10. The van der Waals surface area contributed by atoms with E-state index in [1.807, 2.05) is 44.1 Å². The highest BCUT2D eigenvalue weighted by Gasteiger charge is 1.95. The van der Waals surface area contributed by atoms with Crippen molar-refractivity contribution in [2.24, 2.45) is 0 Å². The molecule has 0 aromatic rings. The number of rotatable bonds is 4. The molecule has 0 unspecified atom stereocenters. The number of allylic oxidation sites excluding steroid dienone is 5. The van der Waals surface area contributed by atoms with Gasteiger partial charge < -0.3 is 4.90 Å². The molecule has 0 saturated heterocycles. The molecule has 0 aliphatic carbocycles. The van der Waals surface area contributed by atoms with Gasteiger partial charge >= 0.3 is 0 Å². The van der Waals surface area contributed by atoms with Crippen molar-refractivity contribution in [3.63, 3.8) is 0 Å². The van der Waals surface area contributed by atoms with Crippen LogP contribution in [0.5, 0.6) is 0 Å². The zero-order valence-corrected chi connectivity index (χ0v) is 8.17. The molecule has 0 amide bonds. The molecule has 0 aromatic heterocycles. The standard InChI is InChI=1S/C11H17N/c1-6-7-8-9-10(2)11(3)12(4)5/h6-9H,1,3H2,2,4-5H3/b8-7-,10-9+. The molecule has 0 atom stereocenters. The van der Waals surface area contributed by atoms with Crippen molar-refractivity contribution in [1.82, 2.24) is 4.90 Å². The third-order valence-corrected chi connectivity index (χ3v) is 1.59. The Morgan fingerprint density at radius 1 is 1.25 bits per heavy atom. The second kappa shape index (κ2) is 5.42. The quantitative estimate of drug-likeness (QED) is 0.576. The van der Waals surface area contributed by atoms with Gasteiger partial charge in [-0.3, -0.25) is 0 Å². The van der Waals surface area contributed by atoms with E-state index in [0.717, 1.165) is 11.3 Å². The average molecular weight is 163 g/mol. The highest BCUT2D eigenvalue weighted by molar-refractivity contribution is 5.28. The summed E-state index contributed by atoms with van der Waals surface area (Å²) in [5.74, 6) is 0. The molecule has 12 heavy (non-hydrogen) atoms. The molecule has 0 rings (SSSR count). The summed E-state index contributed by atoms with van der Waals surface area (Å²) < 4.78 is 0. The van der Waals surface area contributed by atoms with Crippen molar-refractivity contribution in [1.29, 1.82) is 0 Å². The fourth-order valence-electron chi connectivity index (χ4n) is 0.727. The lowest BCUT2D eigenvalue weighted by Gasteiger charge is -2.15. The Bertz CT molecular complexity index is 219. The Labute approximate surface area is 75.4 Å². The molecular weight excluding hydrogens is 146 g/mol. The maximum atomic E-state index is 3.93. The van der Waals surface area contributed by atoms with Crippen LogP contribution in [0.2, 0.25) is 0 Å². The van der Waals surface area contributed by atoms with Gasteiger partial charge in [-0.1, -0.05) is 37.5 Å². The van der Waals surface area contributed by atoms with Crippen molar-refractivity contribution in [3.8, 4) is 0 Å². The summed E-state index contributed by atoms with van der Waals surface area (Å²) >= 11 is 0. The van der Waals surface area contributed by atoms with Gasteiger partial charge in [-0.25, -0.2) is 0 Å². The molecule has 0 aromatic carbocycles. The summed E-state index contributed by atoms with van der Waals surface area (Å²) in [6.45, 7) is 9.56. The zero-order chi connectivity index (χ0) is 9.56. The number of nitrogens with zero attached hydrogens (tertiary/aromatic N) is 1. The van der Waals surface area contributed by atoms with E-state index >= 15 is 0 Å². The predicted octanol–water partition coefficient (Wildman–Crippen LogP) is 2.75. The van der Waals surface area contributed by atoms with Gasteiger partial charge in [0.2, 0.25) is 0 Å². The van der Waals surface area contributed by atoms with E-state index in [2.05, 4.69) is 13.2 Å². The molecule has 0 N–H and O–H groups in total. The van der Waals surface area contributed by atoms with Crippen LogP contribution in [0.4, 0.5) is 0 Å². The first kappa shape index (κ1) is 10.8. The first-order valence-corrected chi connectivity index (χ1v) is 3.92. The van der Waals surface area contributed by atoms with Gasteiger partial charge in [0.1, 0.15) is 0 Å². The first-order chi connectivity index (χ1) is 5.59. The van der Waals surface area contributed by atoms with E-state index in [-0.39, 0.29) is 0 Å². The van der Waals surface area contributed by atoms with Crippen molar-refractivity contribution >= 4 is 0 Å². The maximum absolute atomic E-state index is 3.93. The van der Waals surface area contributed by atoms with Crippen molar-refractivity contribution in [2.75, 3.05) is 14.1 Å². The van der Waals surface area contributed by atoms with Gasteiger partial charge in [-0.2, -0.15) is 0 Å². The molecule has 0 aliphatic heterocycles. The van der Waals surface area contributed by atoms with E-state index in [0.29, 0.717) is 0 Å². The summed E-state index contributed by atoms with van der Waals surface area (Å²) in [6.07, 6.45) is 7.62. The van der Waals surface area contributed by atoms with Gasteiger partial charge in [0, 0.05) is 19.8 Å². The van der Waals surface area contributed by atoms with Crippen molar-refractivity contribution < 1.29 is 0 Å². The summed E-state index contributed by atoms with van der Waals surface area (Å²) in [5, 5.41) is 0. The first-order valence-electron chi connectivity index (χ1n) is 3.92. The van der Waals surface area contributed by atoms with Gasteiger partial charge in [-0.05, 0) is 12.5 Å². The number of hydrogen-bond donors (Lipinski definition) is 0. The molecule has 0 fully saturated rings. The van der Waals surface area contributed by atoms with Gasteiger partial charge in [0.25, 0.3) is 0 Å². The second-order valence-electron chi connectivity index (χ2n) is 2.81. The molecular formula is C11H17N. The van der Waals surface area contributed by atoms with Crippen LogP contribution in [-0.4, -0.2) is 19.0 Å². The van der Waals surface area contributed by atoms with Crippen molar-refractivity contribution in [2.45, 2.75) is 6.92 Å². The Morgan fingerprint density at radius 3 is 2.25 bits per heavy atom. The van der Waals surface area contributed by atoms with Gasteiger partial charge in [-0.15, -0.1) is 0 Å². The molecule has 0 heterocycles. The fourth-order valence-corrected chi connectivity index (χ4v) is 0.727. The van der Waals surface area contributed by atoms with Crippen LogP contribution in [-0.2, 0) is 0 Å². The van der Waals surface area contributed by atoms with Gasteiger partial charge in [0.15, 0.2) is 0 Å². The molecule has 0 bridgehead atoms. The summed E-state index contributed by atoms with van der Waals surface area (Å²) in [5.41, 5.74) is 2.20. The Morgan fingerprint density at radius 2 is 1.83 bits per heavy atom. The van der Waals surface area contributed by atoms with Crippen LogP contribution < -0.4 is 0 Å². The molecule has 1 heteroatoms. The van der Waals surface area contributed by atoms with E-state index in [1.165, 1.54) is 0 Å². The molecule has 1 nitrogen and oxygen atoms in total. The number of hydrogen-bond acceptors (Lipinski definition) is 1. The monoisotopic (exact) mass is 163 g/mol. The average Bonchev–Trinajstić information content (AvgIpc) is 2.03. The normalized spacial score (nSPS) is 11.8. The molecule has 0 aliphatic rings. The Hall–Kier alpha value is -1.24. The molecule has 0 radical (unpaired) electrons. The minimum absolute atomic E-state index is 1.03. The van der Waals surface area contributed by atoms with E-state index in [4.69, 9.17) is 0 Å². The van der Waals surface area contributed by atoms with Crippen LogP contribution in [0.1, 0.15) is 6.92 Å². The molecule has 0 spiro atoms. The third-order valence-electron chi connectivity index (χ3n) is 1.59. The summed E-state index contributed by atoms with van der Waals surface area (Å²) in [4.78, 5) is 1.99. The van der Waals surface area contributed by atoms with E-state index in [1.54, 1.807) is 6.08 Å². The second-order valence-corrected chi connectivity index (χ2v) is 2.81. The fraction of sp³-hybridized carbons (Fsp3) is 0.273. The van der Waals surface area contributed by atoms with Crippen LogP contribution in [0, 0.1) is 0 Å².